The summed E-state index contributed by atoms with van der Waals surface area (Å²) in [6, 6.07) is 0. The summed E-state index contributed by atoms with van der Waals surface area (Å²) in [4.78, 5) is 10.7. The third kappa shape index (κ3) is 2.31. The van der Waals surface area contributed by atoms with Crippen LogP contribution in [0.1, 0.15) is 27.7 Å². The SMILES string of the molecule is CC(=O)/C(C)=C(\C)C(C)O. The van der Waals surface area contributed by atoms with E-state index in [1.807, 2.05) is 0 Å². The molecular weight excluding hydrogens is 128 g/mol. The molecule has 0 fully saturated rings. The van der Waals surface area contributed by atoms with Crippen molar-refractivity contribution < 1.29 is 9.90 Å². The summed E-state index contributed by atoms with van der Waals surface area (Å²) in [6.07, 6.45) is -0.510. The molecule has 58 valence electrons. The number of rotatable bonds is 2. The second-order valence-corrected chi connectivity index (χ2v) is 2.54. The fraction of sp³-hybridized carbons (Fsp3) is 0.625. The van der Waals surface area contributed by atoms with Crippen LogP contribution >= 0.6 is 0 Å². The third-order valence-corrected chi connectivity index (χ3v) is 1.75. The Bertz CT molecular complexity index is 166. The van der Waals surface area contributed by atoms with Gasteiger partial charge < -0.3 is 5.11 Å². The predicted molar refractivity (Wildman–Crippen MR) is 40.7 cm³/mol. The average Bonchev–Trinajstić information content (AvgIpc) is 1.84. The first-order valence-electron chi connectivity index (χ1n) is 3.33. The van der Waals surface area contributed by atoms with E-state index in [9.17, 15) is 4.79 Å². The third-order valence-electron chi connectivity index (χ3n) is 1.75. The first-order chi connectivity index (χ1) is 4.46. The van der Waals surface area contributed by atoms with Crippen molar-refractivity contribution in [3.05, 3.63) is 11.1 Å². The summed E-state index contributed by atoms with van der Waals surface area (Å²) in [5.41, 5.74) is 1.42. The van der Waals surface area contributed by atoms with Gasteiger partial charge >= 0.3 is 0 Å². The molecule has 0 aromatic heterocycles. The zero-order valence-electron chi connectivity index (χ0n) is 6.93. The molecule has 0 saturated carbocycles. The summed E-state index contributed by atoms with van der Waals surface area (Å²) < 4.78 is 0. The molecule has 0 aliphatic heterocycles. The Balaban J connectivity index is 4.50. The summed E-state index contributed by atoms with van der Waals surface area (Å²) in [5.74, 6) is 0.0263. The molecule has 1 N–H and O–H groups in total. The summed E-state index contributed by atoms with van der Waals surface area (Å²) >= 11 is 0. The number of aliphatic hydroxyl groups is 1. The van der Waals surface area contributed by atoms with E-state index in [4.69, 9.17) is 5.11 Å². The van der Waals surface area contributed by atoms with Gasteiger partial charge in [0.15, 0.2) is 5.78 Å². The normalized spacial score (nSPS) is 16.1. The molecule has 1 atom stereocenters. The summed E-state index contributed by atoms with van der Waals surface area (Å²) in [7, 11) is 0. The molecule has 2 nitrogen and oxygen atoms in total. The Morgan fingerprint density at radius 3 is 1.80 bits per heavy atom. The molecule has 0 spiro atoms. The minimum absolute atomic E-state index is 0.0263. The minimum atomic E-state index is -0.510. The number of allylic oxidation sites excluding steroid dienone is 1. The van der Waals surface area contributed by atoms with Crippen molar-refractivity contribution in [1.82, 2.24) is 0 Å². The van der Waals surface area contributed by atoms with Crippen molar-refractivity contribution in [2.75, 3.05) is 0 Å². The first kappa shape index (κ1) is 9.37. The van der Waals surface area contributed by atoms with E-state index in [1.165, 1.54) is 6.92 Å². The van der Waals surface area contributed by atoms with Gasteiger partial charge in [0.05, 0.1) is 6.10 Å². The molecule has 0 radical (unpaired) electrons. The Morgan fingerprint density at radius 1 is 1.30 bits per heavy atom. The summed E-state index contributed by atoms with van der Waals surface area (Å²) in [5, 5.41) is 9.03. The molecule has 0 amide bonds. The molecular formula is C8H14O2. The van der Waals surface area contributed by atoms with Crippen LogP contribution in [0.15, 0.2) is 11.1 Å². The maximum atomic E-state index is 10.7. The van der Waals surface area contributed by atoms with Gasteiger partial charge in [0.25, 0.3) is 0 Å². The Kier molecular flexibility index (Phi) is 3.30. The zero-order chi connectivity index (χ0) is 8.31. The monoisotopic (exact) mass is 142 g/mol. The van der Waals surface area contributed by atoms with Crippen molar-refractivity contribution in [3.8, 4) is 0 Å². The largest absolute Gasteiger partial charge is 0.389 e. The lowest BCUT2D eigenvalue weighted by molar-refractivity contribution is -0.113. The highest BCUT2D eigenvalue weighted by Crippen LogP contribution is 2.08. The molecule has 0 saturated heterocycles. The van der Waals surface area contributed by atoms with Crippen LogP contribution in [-0.2, 0) is 4.79 Å². The lowest BCUT2D eigenvalue weighted by Crippen LogP contribution is -2.07. The first-order valence-corrected chi connectivity index (χ1v) is 3.33. The molecule has 0 aromatic rings. The van der Waals surface area contributed by atoms with Crippen LogP contribution in [0.25, 0.3) is 0 Å². The predicted octanol–water partition coefficient (Wildman–Crippen LogP) is 1.29. The number of carbonyl (C=O) groups excluding carboxylic acids is 1. The Labute approximate surface area is 61.6 Å². The molecule has 0 aromatic carbocycles. The number of ketones is 1. The molecule has 1 unspecified atom stereocenters. The topological polar surface area (TPSA) is 37.3 Å². The van der Waals surface area contributed by atoms with Crippen LogP contribution in [0.3, 0.4) is 0 Å². The Morgan fingerprint density at radius 2 is 1.70 bits per heavy atom. The van der Waals surface area contributed by atoms with Gasteiger partial charge in [-0.2, -0.15) is 0 Å². The second kappa shape index (κ2) is 3.52. The van der Waals surface area contributed by atoms with Crippen molar-refractivity contribution in [1.29, 1.82) is 0 Å². The lowest BCUT2D eigenvalue weighted by Gasteiger charge is -2.06. The van der Waals surface area contributed by atoms with Gasteiger partial charge in [0, 0.05) is 0 Å². The highest BCUT2D eigenvalue weighted by Gasteiger charge is 2.05. The highest BCUT2D eigenvalue weighted by molar-refractivity contribution is 5.93. The van der Waals surface area contributed by atoms with Crippen LogP contribution in [0, 0.1) is 0 Å². The van der Waals surface area contributed by atoms with Gasteiger partial charge in [-0.3, -0.25) is 4.79 Å². The summed E-state index contributed by atoms with van der Waals surface area (Å²) in [6.45, 7) is 6.65. The van der Waals surface area contributed by atoms with Gasteiger partial charge in [-0.25, -0.2) is 0 Å². The standard InChI is InChI=1S/C8H14O2/c1-5(7(3)9)6(2)8(4)10/h7,9H,1-4H3/b6-5+. The van der Waals surface area contributed by atoms with Crippen LogP contribution in [0.4, 0.5) is 0 Å². The van der Waals surface area contributed by atoms with Crippen LogP contribution in [0.2, 0.25) is 0 Å². The lowest BCUT2D eigenvalue weighted by atomic mass is 10.0. The van der Waals surface area contributed by atoms with Crippen molar-refractivity contribution in [2.24, 2.45) is 0 Å². The highest BCUT2D eigenvalue weighted by atomic mass is 16.3. The second-order valence-electron chi connectivity index (χ2n) is 2.54. The van der Waals surface area contributed by atoms with Gasteiger partial charge in [-0.1, -0.05) is 0 Å². The maximum absolute atomic E-state index is 10.7. The van der Waals surface area contributed by atoms with Gasteiger partial charge in [-0.05, 0) is 38.8 Å². The maximum Gasteiger partial charge on any atom is 0.155 e. The molecule has 0 aliphatic carbocycles. The van der Waals surface area contributed by atoms with Crippen molar-refractivity contribution in [3.63, 3.8) is 0 Å². The fourth-order valence-corrected chi connectivity index (χ4v) is 0.591. The number of Topliss-reactive ketones (excluding diaryl/α,β-unsaturated/α-hetero) is 1. The van der Waals surface area contributed by atoms with Crippen LogP contribution < -0.4 is 0 Å². The smallest absolute Gasteiger partial charge is 0.155 e. The van der Waals surface area contributed by atoms with Gasteiger partial charge in [0.2, 0.25) is 0 Å². The van der Waals surface area contributed by atoms with E-state index in [0.717, 1.165) is 5.57 Å². The molecule has 2 heteroatoms. The van der Waals surface area contributed by atoms with Crippen LogP contribution in [0.5, 0.6) is 0 Å². The molecule has 0 heterocycles. The Hall–Kier alpha value is -0.630. The van der Waals surface area contributed by atoms with Crippen molar-refractivity contribution in [2.45, 2.75) is 33.8 Å². The molecule has 0 rings (SSSR count). The molecule has 0 aliphatic rings. The average molecular weight is 142 g/mol. The van der Waals surface area contributed by atoms with E-state index in [1.54, 1.807) is 20.8 Å². The number of hydrogen-bond acceptors (Lipinski definition) is 2. The fourth-order valence-electron chi connectivity index (χ4n) is 0.591. The zero-order valence-corrected chi connectivity index (χ0v) is 6.93. The number of hydrogen-bond donors (Lipinski definition) is 1. The van der Waals surface area contributed by atoms with Crippen LogP contribution in [-0.4, -0.2) is 17.0 Å². The minimum Gasteiger partial charge on any atom is -0.389 e. The van der Waals surface area contributed by atoms with E-state index < -0.39 is 6.10 Å². The number of aliphatic hydroxyl groups excluding tert-OH is 1. The van der Waals surface area contributed by atoms with E-state index >= 15 is 0 Å². The quantitative estimate of drug-likeness (QED) is 0.590. The van der Waals surface area contributed by atoms with Gasteiger partial charge in [-0.15, -0.1) is 0 Å². The van der Waals surface area contributed by atoms with E-state index in [0.29, 0.717) is 5.57 Å². The molecule has 10 heavy (non-hydrogen) atoms. The number of carbonyl (C=O) groups is 1. The van der Waals surface area contributed by atoms with E-state index in [-0.39, 0.29) is 5.78 Å². The van der Waals surface area contributed by atoms with Gasteiger partial charge in [0.1, 0.15) is 0 Å². The van der Waals surface area contributed by atoms with Crippen molar-refractivity contribution >= 4 is 5.78 Å². The van der Waals surface area contributed by atoms with E-state index in [2.05, 4.69) is 0 Å². The molecule has 0 bridgehead atoms.